The summed E-state index contributed by atoms with van der Waals surface area (Å²) in [4.78, 5) is 23.4. The van der Waals surface area contributed by atoms with Crippen molar-refractivity contribution in [1.29, 1.82) is 0 Å². The van der Waals surface area contributed by atoms with Gasteiger partial charge in [0, 0.05) is 56.6 Å². The molecule has 4 rings (SSSR count). The van der Waals surface area contributed by atoms with Gasteiger partial charge in [-0.2, -0.15) is 0 Å². The molecule has 0 radical (unpaired) electrons. The molecule has 2 aliphatic rings. The largest absolute Gasteiger partial charge is 0.357 e. The second-order valence-corrected chi connectivity index (χ2v) is 6.70. The molecule has 6 nitrogen and oxygen atoms in total. The molecule has 2 aliphatic heterocycles. The first-order chi connectivity index (χ1) is 11.8. The molecule has 0 aromatic carbocycles. The maximum atomic E-state index is 12.4. The van der Waals surface area contributed by atoms with E-state index in [2.05, 4.69) is 36.9 Å². The number of nitrogens with one attached hydrogen (secondary N) is 1. The summed E-state index contributed by atoms with van der Waals surface area (Å²) in [6.45, 7) is 3.62. The molecule has 0 bridgehead atoms. The Balaban J connectivity index is 1.31. The van der Waals surface area contributed by atoms with E-state index in [4.69, 9.17) is 0 Å². The van der Waals surface area contributed by atoms with E-state index in [-0.39, 0.29) is 11.8 Å². The van der Waals surface area contributed by atoms with E-state index < -0.39 is 0 Å². The molecule has 6 heteroatoms. The molecular formula is C18H23N5O. The summed E-state index contributed by atoms with van der Waals surface area (Å²) in [6.07, 6.45) is 9.74. The quantitative estimate of drug-likeness (QED) is 0.930. The number of fused-ring (bicyclic) bond motifs is 1. The predicted octanol–water partition coefficient (Wildman–Crippen LogP) is 1.76. The zero-order valence-electron chi connectivity index (χ0n) is 13.8. The Morgan fingerprint density at radius 3 is 2.88 bits per heavy atom. The number of pyridine rings is 1. The predicted molar refractivity (Wildman–Crippen MR) is 91.6 cm³/mol. The molecule has 24 heavy (non-hydrogen) atoms. The van der Waals surface area contributed by atoms with Crippen LogP contribution in [0.4, 0.5) is 5.82 Å². The number of amides is 1. The van der Waals surface area contributed by atoms with Crippen LogP contribution in [0.25, 0.3) is 0 Å². The van der Waals surface area contributed by atoms with Gasteiger partial charge in [0.1, 0.15) is 5.82 Å². The Kier molecular flexibility index (Phi) is 4.19. The van der Waals surface area contributed by atoms with E-state index in [0.29, 0.717) is 6.54 Å². The van der Waals surface area contributed by atoms with Crippen LogP contribution in [0, 0.1) is 5.92 Å². The minimum absolute atomic E-state index is 0.0473. The second-order valence-electron chi connectivity index (χ2n) is 6.70. The topological polar surface area (TPSA) is 63.1 Å². The van der Waals surface area contributed by atoms with Crippen LogP contribution < -0.4 is 10.2 Å². The standard InChI is InChI=1S/C18H23N5O/c24-18(15-5-8-23-13-19-12-16(23)9-15)21-11-14-3-4-17(20-10-14)22-6-1-2-7-22/h3-4,10,12-13,15H,1-2,5-9,11H2,(H,21,24). The van der Waals surface area contributed by atoms with Crippen molar-refractivity contribution >= 4 is 11.7 Å². The van der Waals surface area contributed by atoms with Crippen molar-refractivity contribution in [2.24, 2.45) is 5.92 Å². The maximum absolute atomic E-state index is 12.4. The maximum Gasteiger partial charge on any atom is 0.223 e. The first-order valence-electron chi connectivity index (χ1n) is 8.76. The third kappa shape index (κ3) is 3.13. The lowest BCUT2D eigenvalue weighted by atomic mass is 9.95. The lowest BCUT2D eigenvalue weighted by Crippen LogP contribution is -2.34. The first-order valence-corrected chi connectivity index (χ1v) is 8.76. The van der Waals surface area contributed by atoms with Gasteiger partial charge in [0.05, 0.1) is 6.33 Å². The van der Waals surface area contributed by atoms with Crippen LogP contribution in [0.3, 0.4) is 0 Å². The highest BCUT2D eigenvalue weighted by Gasteiger charge is 2.24. The Hall–Kier alpha value is -2.37. The van der Waals surface area contributed by atoms with E-state index in [0.717, 1.165) is 49.6 Å². The van der Waals surface area contributed by atoms with E-state index in [1.54, 1.807) is 0 Å². The van der Waals surface area contributed by atoms with Crippen LogP contribution in [0.5, 0.6) is 0 Å². The van der Waals surface area contributed by atoms with Gasteiger partial charge in [-0.15, -0.1) is 0 Å². The van der Waals surface area contributed by atoms with Crippen LogP contribution in [0.1, 0.15) is 30.5 Å². The molecule has 126 valence electrons. The van der Waals surface area contributed by atoms with Crippen molar-refractivity contribution in [3.8, 4) is 0 Å². The van der Waals surface area contributed by atoms with E-state index in [1.165, 1.54) is 12.8 Å². The van der Waals surface area contributed by atoms with Gasteiger partial charge in [-0.1, -0.05) is 6.07 Å². The highest BCUT2D eigenvalue weighted by atomic mass is 16.1. The van der Waals surface area contributed by atoms with Gasteiger partial charge in [0.15, 0.2) is 0 Å². The number of rotatable bonds is 4. The van der Waals surface area contributed by atoms with Crippen LogP contribution in [0.2, 0.25) is 0 Å². The highest BCUT2D eigenvalue weighted by molar-refractivity contribution is 5.79. The molecule has 4 heterocycles. The molecule has 1 atom stereocenters. The van der Waals surface area contributed by atoms with Crippen LogP contribution in [-0.2, 0) is 24.3 Å². The SMILES string of the molecule is O=C(NCc1ccc(N2CCCC2)nc1)C1CCn2cncc2C1. The van der Waals surface area contributed by atoms with Gasteiger partial charge in [0.25, 0.3) is 0 Å². The number of carbonyl (C=O) groups excluding carboxylic acids is 1. The van der Waals surface area contributed by atoms with Crippen molar-refractivity contribution in [3.63, 3.8) is 0 Å². The zero-order chi connectivity index (χ0) is 16.4. The first kappa shape index (κ1) is 15.2. The molecule has 0 saturated carbocycles. The molecular weight excluding hydrogens is 302 g/mol. The van der Waals surface area contributed by atoms with Gasteiger partial charge in [-0.25, -0.2) is 9.97 Å². The fraction of sp³-hybridized carbons (Fsp3) is 0.500. The summed E-state index contributed by atoms with van der Waals surface area (Å²) in [7, 11) is 0. The minimum atomic E-state index is 0.0473. The number of aromatic nitrogens is 3. The van der Waals surface area contributed by atoms with E-state index in [9.17, 15) is 4.79 Å². The molecule has 1 fully saturated rings. The van der Waals surface area contributed by atoms with Gasteiger partial charge < -0.3 is 14.8 Å². The lowest BCUT2D eigenvalue weighted by Gasteiger charge is -2.23. The van der Waals surface area contributed by atoms with Gasteiger partial charge in [-0.05, 0) is 30.9 Å². The molecule has 1 N–H and O–H groups in total. The van der Waals surface area contributed by atoms with Gasteiger partial charge >= 0.3 is 0 Å². The van der Waals surface area contributed by atoms with Crippen molar-refractivity contribution < 1.29 is 4.79 Å². The molecule has 0 spiro atoms. The minimum Gasteiger partial charge on any atom is -0.357 e. The Morgan fingerprint density at radius 2 is 2.08 bits per heavy atom. The number of hydrogen-bond acceptors (Lipinski definition) is 4. The van der Waals surface area contributed by atoms with Crippen LogP contribution in [-0.4, -0.2) is 33.5 Å². The zero-order valence-corrected chi connectivity index (χ0v) is 13.8. The summed E-state index contributed by atoms with van der Waals surface area (Å²) < 4.78 is 2.13. The number of anilines is 1. The number of aryl methyl sites for hydroxylation is 1. The van der Waals surface area contributed by atoms with E-state index in [1.807, 2.05) is 18.7 Å². The molecule has 1 saturated heterocycles. The fourth-order valence-electron chi connectivity index (χ4n) is 3.58. The monoisotopic (exact) mass is 325 g/mol. The van der Waals surface area contributed by atoms with E-state index >= 15 is 0 Å². The highest BCUT2D eigenvalue weighted by Crippen LogP contribution is 2.20. The average molecular weight is 325 g/mol. The van der Waals surface area contributed by atoms with Crippen molar-refractivity contribution in [2.45, 2.75) is 38.8 Å². The third-order valence-electron chi connectivity index (χ3n) is 5.05. The summed E-state index contributed by atoms with van der Waals surface area (Å²) in [6, 6.07) is 4.13. The average Bonchev–Trinajstić information content (AvgIpc) is 3.30. The van der Waals surface area contributed by atoms with Crippen molar-refractivity contribution in [1.82, 2.24) is 19.9 Å². The second kappa shape index (κ2) is 6.63. The summed E-state index contributed by atoms with van der Waals surface area (Å²) in [5.41, 5.74) is 2.20. The summed E-state index contributed by atoms with van der Waals surface area (Å²) >= 11 is 0. The molecule has 2 aromatic heterocycles. The summed E-state index contributed by atoms with van der Waals surface area (Å²) in [5, 5.41) is 3.06. The smallest absolute Gasteiger partial charge is 0.223 e. The Labute approximate surface area is 141 Å². The van der Waals surface area contributed by atoms with Gasteiger partial charge in [-0.3, -0.25) is 4.79 Å². The third-order valence-corrected chi connectivity index (χ3v) is 5.05. The number of nitrogens with zero attached hydrogens (tertiary/aromatic N) is 4. The van der Waals surface area contributed by atoms with Crippen molar-refractivity contribution in [2.75, 3.05) is 18.0 Å². The molecule has 0 aliphatic carbocycles. The molecule has 2 aromatic rings. The number of imidazole rings is 1. The van der Waals surface area contributed by atoms with Crippen LogP contribution >= 0.6 is 0 Å². The molecule has 1 unspecified atom stereocenters. The number of hydrogen-bond donors (Lipinski definition) is 1. The normalized spacial score (nSPS) is 20.0. The fourth-order valence-corrected chi connectivity index (χ4v) is 3.58. The van der Waals surface area contributed by atoms with Crippen molar-refractivity contribution in [3.05, 3.63) is 42.1 Å². The van der Waals surface area contributed by atoms with Crippen LogP contribution in [0.15, 0.2) is 30.9 Å². The lowest BCUT2D eigenvalue weighted by molar-refractivity contribution is -0.125. The molecule has 1 amide bonds. The number of carbonyl (C=O) groups is 1. The Morgan fingerprint density at radius 1 is 1.21 bits per heavy atom. The summed E-state index contributed by atoms with van der Waals surface area (Å²) in [5.74, 6) is 1.22. The Bertz CT molecular complexity index is 702. The van der Waals surface area contributed by atoms with Gasteiger partial charge in [0.2, 0.25) is 5.91 Å².